The lowest BCUT2D eigenvalue weighted by molar-refractivity contribution is -0.126. The van der Waals surface area contributed by atoms with Gasteiger partial charge in [-0.2, -0.15) is 0 Å². The molecule has 0 spiro atoms. The van der Waals surface area contributed by atoms with Crippen molar-refractivity contribution in [3.63, 3.8) is 0 Å². The number of hydrogen-bond donors (Lipinski definition) is 2. The summed E-state index contributed by atoms with van der Waals surface area (Å²) in [6.45, 7) is 3.67. The summed E-state index contributed by atoms with van der Waals surface area (Å²) in [5.74, 6) is -0.859. The molecule has 1 saturated carbocycles. The molecule has 4 rings (SSSR count). The Morgan fingerprint density at radius 1 is 1.00 bits per heavy atom. The first-order chi connectivity index (χ1) is 16.9. The summed E-state index contributed by atoms with van der Waals surface area (Å²) >= 11 is 1.32. The zero-order valence-corrected chi connectivity index (χ0v) is 20.9. The number of carbonyl (C=O) groups is 3. The van der Waals surface area contributed by atoms with Gasteiger partial charge in [0, 0.05) is 11.7 Å². The van der Waals surface area contributed by atoms with Crippen LogP contribution < -0.4 is 15.5 Å². The van der Waals surface area contributed by atoms with Crippen LogP contribution in [-0.2, 0) is 9.59 Å². The zero-order chi connectivity index (χ0) is 24.8. The lowest BCUT2D eigenvalue weighted by Crippen LogP contribution is -2.49. The van der Waals surface area contributed by atoms with Crippen LogP contribution in [0.3, 0.4) is 0 Å². The highest BCUT2D eigenvalue weighted by Gasteiger charge is 2.35. The lowest BCUT2D eigenvalue weighted by Gasteiger charge is -2.33. The van der Waals surface area contributed by atoms with Crippen molar-refractivity contribution >= 4 is 34.7 Å². The molecule has 1 aliphatic rings. The molecule has 35 heavy (non-hydrogen) atoms. The van der Waals surface area contributed by atoms with Gasteiger partial charge in [-0.05, 0) is 60.9 Å². The number of amides is 3. The maximum Gasteiger partial charge on any atom is 0.261 e. The number of thiophene rings is 1. The number of carbonyl (C=O) groups excluding carboxylic acids is 3. The van der Waals surface area contributed by atoms with Crippen LogP contribution >= 0.6 is 11.3 Å². The van der Waals surface area contributed by atoms with Crippen molar-refractivity contribution in [3.05, 3.63) is 87.6 Å². The van der Waals surface area contributed by atoms with Gasteiger partial charge in [-0.25, -0.2) is 0 Å². The molecule has 1 aliphatic carbocycles. The van der Waals surface area contributed by atoms with E-state index in [2.05, 4.69) is 10.6 Å². The number of aryl methyl sites for hydroxylation is 2. The summed E-state index contributed by atoms with van der Waals surface area (Å²) in [5, 5.41) is 7.74. The number of benzene rings is 2. The normalized spacial score (nSPS) is 14.3. The van der Waals surface area contributed by atoms with E-state index in [1.165, 1.54) is 11.3 Å². The topological polar surface area (TPSA) is 78.5 Å². The minimum absolute atomic E-state index is 0.114. The van der Waals surface area contributed by atoms with E-state index >= 15 is 0 Å². The van der Waals surface area contributed by atoms with Crippen molar-refractivity contribution in [2.24, 2.45) is 0 Å². The van der Waals surface area contributed by atoms with Gasteiger partial charge in [0.15, 0.2) is 0 Å². The quantitative estimate of drug-likeness (QED) is 0.471. The molecular weight excluding hydrogens is 458 g/mol. The van der Waals surface area contributed by atoms with Crippen LogP contribution in [0.4, 0.5) is 5.69 Å². The standard InChI is InChI=1S/C28H31N3O3S/c1-19-14-15-20(2)23(17-19)31(25(32)18-29-27(33)24-13-8-16-35-24)26(21-9-4-3-5-10-21)28(34)30-22-11-6-7-12-22/h3-5,8-10,13-17,22,26H,6-7,11-12,18H2,1-2H3,(H,29,33)(H,30,34)/t26-/m0/s1. The van der Waals surface area contributed by atoms with E-state index in [1.54, 1.807) is 17.0 Å². The Morgan fingerprint density at radius 2 is 1.74 bits per heavy atom. The van der Waals surface area contributed by atoms with E-state index in [4.69, 9.17) is 0 Å². The van der Waals surface area contributed by atoms with E-state index in [1.807, 2.05) is 67.8 Å². The molecule has 1 heterocycles. The summed E-state index contributed by atoms with van der Waals surface area (Å²) in [7, 11) is 0. The fourth-order valence-electron chi connectivity index (χ4n) is 4.54. The molecule has 6 nitrogen and oxygen atoms in total. The molecule has 7 heteroatoms. The average molecular weight is 490 g/mol. The van der Waals surface area contributed by atoms with Crippen LogP contribution in [0, 0.1) is 13.8 Å². The van der Waals surface area contributed by atoms with Gasteiger partial charge in [0.2, 0.25) is 11.8 Å². The number of anilines is 1. The molecule has 0 unspecified atom stereocenters. The van der Waals surface area contributed by atoms with Crippen LogP contribution in [-0.4, -0.2) is 30.3 Å². The lowest BCUT2D eigenvalue weighted by atomic mass is 10.0. The van der Waals surface area contributed by atoms with E-state index in [0.29, 0.717) is 10.6 Å². The molecular formula is C28H31N3O3S. The molecule has 1 fully saturated rings. The summed E-state index contributed by atoms with van der Waals surface area (Å²) < 4.78 is 0. The monoisotopic (exact) mass is 489 g/mol. The Kier molecular flexibility index (Phi) is 7.98. The van der Waals surface area contributed by atoms with Gasteiger partial charge in [-0.3, -0.25) is 19.3 Å². The van der Waals surface area contributed by atoms with E-state index in [-0.39, 0.29) is 30.3 Å². The fraction of sp³-hybridized carbons (Fsp3) is 0.321. The van der Waals surface area contributed by atoms with Gasteiger partial charge in [0.1, 0.15) is 6.04 Å². The molecule has 2 aromatic carbocycles. The van der Waals surface area contributed by atoms with Gasteiger partial charge in [-0.15, -0.1) is 11.3 Å². The second kappa shape index (κ2) is 11.3. The number of nitrogens with one attached hydrogen (secondary N) is 2. The van der Waals surface area contributed by atoms with Gasteiger partial charge < -0.3 is 10.6 Å². The maximum absolute atomic E-state index is 13.8. The van der Waals surface area contributed by atoms with Gasteiger partial charge in [-0.1, -0.05) is 61.4 Å². The summed E-state index contributed by atoms with van der Waals surface area (Å²) in [6.07, 6.45) is 4.08. The number of hydrogen-bond acceptors (Lipinski definition) is 4. The Hall–Kier alpha value is -3.45. The SMILES string of the molecule is Cc1ccc(C)c(N(C(=O)CNC(=O)c2cccs2)[C@H](C(=O)NC2CCCC2)c2ccccc2)c1. The molecule has 3 amide bonds. The van der Waals surface area contributed by atoms with Crippen molar-refractivity contribution in [1.29, 1.82) is 0 Å². The minimum atomic E-state index is -0.858. The Bertz CT molecular complexity index is 1170. The van der Waals surface area contributed by atoms with Crippen LogP contribution in [0.25, 0.3) is 0 Å². The third-order valence-electron chi connectivity index (χ3n) is 6.36. The molecule has 3 aromatic rings. The third kappa shape index (κ3) is 5.98. The Labute approximate surface area is 210 Å². The second-order valence-corrected chi connectivity index (χ2v) is 9.96. The molecule has 2 N–H and O–H groups in total. The van der Waals surface area contributed by atoms with Crippen LogP contribution in [0.15, 0.2) is 66.0 Å². The summed E-state index contributed by atoms with van der Waals surface area (Å²) in [4.78, 5) is 42.2. The largest absolute Gasteiger partial charge is 0.351 e. The van der Waals surface area contributed by atoms with Crippen molar-refractivity contribution < 1.29 is 14.4 Å². The molecule has 0 saturated heterocycles. The average Bonchev–Trinajstić information content (AvgIpc) is 3.57. The Balaban J connectivity index is 1.70. The fourth-order valence-corrected chi connectivity index (χ4v) is 5.18. The van der Waals surface area contributed by atoms with Crippen molar-refractivity contribution in [2.45, 2.75) is 51.6 Å². The molecule has 0 aliphatic heterocycles. The molecule has 0 bridgehead atoms. The minimum Gasteiger partial charge on any atom is -0.351 e. The summed E-state index contributed by atoms with van der Waals surface area (Å²) in [5.41, 5.74) is 3.25. The first-order valence-corrected chi connectivity index (χ1v) is 12.9. The van der Waals surface area contributed by atoms with Crippen LogP contribution in [0.1, 0.15) is 58.1 Å². The van der Waals surface area contributed by atoms with Gasteiger partial charge in [0.25, 0.3) is 5.91 Å². The first kappa shape index (κ1) is 24.7. The molecule has 0 radical (unpaired) electrons. The molecule has 182 valence electrons. The molecule has 1 atom stereocenters. The first-order valence-electron chi connectivity index (χ1n) is 12.0. The van der Waals surface area contributed by atoms with Crippen LogP contribution in [0.2, 0.25) is 0 Å². The van der Waals surface area contributed by atoms with Crippen molar-refractivity contribution in [2.75, 3.05) is 11.4 Å². The van der Waals surface area contributed by atoms with E-state index < -0.39 is 6.04 Å². The second-order valence-electron chi connectivity index (χ2n) is 9.02. The highest BCUT2D eigenvalue weighted by Crippen LogP contribution is 2.32. The van der Waals surface area contributed by atoms with Gasteiger partial charge >= 0.3 is 0 Å². The highest BCUT2D eigenvalue weighted by atomic mass is 32.1. The Morgan fingerprint density at radius 3 is 2.43 bits per heavy atom. The molecule has 1 aromatic heterocycles. The van der Waals surface area contributed by atoms with E-state index in [0.717, 1.165) is 42.4 Å². The highest BCUT2D eigenvalue weighted by molar-refractivity contribution is 7.12. The number of nitrogens with zero attached hydrogens (tertiary/aromatic N) is 1. The predicted octanol–water partition coefficient (Wildman–Crippen LogP) is 4.93. The number of rotatable bonds is 8. The summed E-state index contributed by atoms with van der Waals surface area (Å²) in [6, 6.07) is 18.0. The maximum atomic E-state index is 13.8. The third-order valence-corrected chi connectivity index (χ3v) is 7.23. The smallest absolute Gasteiger partial charge is 0.261 e. The van der Waals surface area contributed by atoms with E-state index in [9.17, 15) is 14.4 Å². The van der Waals surface area contributed by atoms with Crippen molar-refractivity contribution in [3.8, 4) is 0 Å². The van der Waals surface area contributed by atoms with Crippen LogP contribution in [0.5, 0.6) is 0 Å². The zero-order valence-electron chi connectivity index (χ0n) is 20.1. The van der Waals surface area contributed by atoms with Crippen molar-refractivity contribution in [1.82, 2.24) is 10.6 Å². The van der Waals surface area contributed by atoms with Gasteiger partial charge in [0.05, 0.1) is 11.4 Å². The predicted molar refractivity (Wildman–Crippen MR) is 140 cm³/mol.